The number of aliphatic carboxylic acids is 2. The first-order valence-electron chi connectivity index (χ1n) is 17.5. The SMILES string of the molecule is CC(C)(CSCCC(=O)O)C(=O)OCCCS(=O)(=O)[O-].CC(CSCCC(=O)O)c1ccc(S(=O)(=O)[O-])cc1.COC(=O)CSCC(C)C(=O)NC(C)(C)CS(=O)(=O)[O-].[K+].[Na+].[Na+]. The van der Waals surface area contributed by atoms with Gasteiger partial charge in [-0.05, 0) is 63.5 Å². The van der Waals surface area contributed by atoms with Gasteiger partial charge in [-0.25, -0.2) is 25.3 Å². The molecule has 0 spiro atoms. The molecule has 0 radical (unpaired) electrons. The van der Waals surface area contributed by atoms with Crippen molar-refractivity contribution in [2.24, 2.45) is 11.3 Å². The third kappa shape index (κ3) is 41.2. The third-order valence-corrected chi connectivity index (χ3v) is 13.6. The van der Waals surface area contributed by atoms with Crippen LogP contribution >= 0.6 is 35.3 Å². The van der Waals surface area contributed by atoms with Crippen molar-refractivity contribution in [3.63, 3.8) is 0 Å². The van der Waals surface area contributed by atoms with Gasteiger partial charge in [-0.2, -0.15) is 23.5 Å². The molecule has 0 fully saturated rings. The average Bonchev–Trinajstić information content (AvgIpc) is 3.08. The average molecular weight is 1040 g/mol. The number of carbonyl (C=O) groups is 5. The number of rotatable bonds is 25. The Bertz CT molecular complexity index is 1840. The zero-order chi connectivity index (χ0) is 46.3. The number of amides is 1. The van der Waals surface area contributed by atoms with Gasteiger partial charge in [0, 0.05) is 40.2 Å². The zero-order valence-corrected chi connectivity index (χ0v) is 48.8. The maximum Gasteiger partial charge on any atom is 1.00 e. The number of thioether (sulfide) groups is 3. The summed E-state index contributed by atoms with van der Waals surface area (Å²) in [5, 5.41) is 19.5. The van der Waals surface area contributed by atoms with Gasteiger partial charge in [0.1, 0.15) is 10.1 Å². The van der Waals surface area contributed by atoms with Gasteiger partial charge in [-0.3, -0.25) is 24.0 Å². The van der Waals surface area contributed by atoms with Crippen LogP contribution < -0.4 is 116 Å². The molecule has 0 aliphatic heterocycles. The molecular formula is C34H54KNNa2O18S6. The second kappa shape index (κ2) is 36.0. The van der Waals surface area contributed by atoms with Gasteiger partial charge in [0.15, 0.2) is 0 Å². The summed E-state index contributed by atoms with van der Waals surface area (Å²) in [6.45, 7) is 9.75. The molecule has 0 aliphatic rings. The Morgan fingerprint density at radius 3 is 1.73 bits per heavy atom. The largest absolute Gasteiger partial charge is 1.00 e. The van der Waals surface area contributed by atoms with Gasteiger partial charge in [0.2, 0.25) is 5.91 Å². The van der Waals surface area contributed by atoms with E-state index in [1.54, 1.807) is 32.9 Å². The van der Waals surface area contributed by atoms with Crippen LogP contribution in [0.1, 0.15) is 72.3 Å². The predicted molar refractivity (Wildman–Crippen MR) is 221 cm³/mol. The number of benzene rings is 1. The number of carboxylic acid groups (broad SMARTS) is 2. The number of carbonyl (C=O) groups excluding carboxylic acids is 3. The van der Waals surface area contributed by atoms with E-state index in [1.807, 2.05) is 6.92 Å². The molecule has 3 N–H and O–H groups in total. The fraction of sp³-hybridized carbons (Fsp3) is 0.676. The first-order valence-corrected chi connectivity index (χ1v) is 25.5. The summed E-state index contributed by atoms with van der Waals surface area (Å²) >= 11 is 4.11. The van der Waals surface area contributed by atoms with Crippen LogP contribution in [0.25, 0.3) is 0 Å². The first kappa shape index (κ1) is 72.0. The van der Waals surface area contributed by atoms with Crippen molar-refractivity contribution in [3.8, 4) is 0 Å². The molecule has 2 unspecified atom stereocenters. The Labute approximate surface area is 465 Å². The van der Waals surface area contributed by atoms with Gasteiger partial charge in [-0.15, -0.1) is 11.8 Å². The van der Waals surface area contributed by atoms with E-state index >= 15 is 0 Å². The van der Waals surface area contributed by atoms with E-state index in [0.29, 0.717) is 23.0 Å². The third-order valence-electron chi connectivity index (χ3n) is 7.08. The molecule has 1 aromatic rings. The van der Waals surface area contributed by atoms with Crippen molar-refractivity contribution in [1.29, 1.82) is 0 Å². The van der Waals surface area contributed by atoms with Gasteiger partial charge >= 0.3 is 134 Å². The summed E-state index contributed by atoms with van der Waals surface area (Å²) in [5.41, 5.74) is -0.992. The number of carboxylic acids is 2. The van der Waals surface area contributed by atoms with E-state index in [-0.39, 0.29) is 165 Å². The molecule has 0 saturated heterocycles. The van der Waals surface area contributed by atoms with Crippen molar-refractivity contribution in [3.05, 3.63) is 29.8 Å². The van der Waals surface area contributed by atoms with E-state index in [2.05, 4.69) is 10.1 Å². The standard InChI is InChI=1S/C12H16O5S2.C11H21NO6S2.C11H20O7S2.K.2Na/c1-9(8-18-7-6-12(13)14)10-2-4-11(5-3-10)19(15,16)17;1-8(5-19-6-9(13)18-4)10(14)12-11(2,3)7-20(15,16)17;1-11(2,8-19-6-4-9(12)13)10(14)18-5-3-7-20(15,16)17;;;/h2-5,9H,6-8H2,1H3,(H,13,14)(H,15,16,17);8H,5-7H2,1-4H3,(H,12,14)(H,15,16,17);3-8H2,1-2H3,(H,12,13)(H,15,16,17);;;/q;;;3*+1/p-3. The van der Waals surface area contributed by atoms with E-state index < -0.39 is 76.6 Å². The fourth-order valence-corrected chi connectivity index (χ4v) is 8.94. The van der Waals surface area contributed by atoms with Crippen LogP contribution in [0.15, 0.2) is 29.2 Å². The van der Waals surface area contributed by atoms with Crippen LogP contribution in [0.4, 0.5) is 0 Å². The molecule has 1 amide bonds. The fourth-order valence-electron chi connectivity index (χ4n) is 4.01. The monoisotopic (exact) mass is 1040 g/mol. The van der Waals surface area contributed by atoms with Gasteiger partial charge in [-0.1, -0.05) is 26.0 Å². The normalized spacial score (nSPS) is 12.4. The zero-order valence-electron chi connectivity index (χ0n) is 36.8. The summed E-state index contributed by atoms with van der Waals surface area (Å²) in [5.74, 6) is -1.79. The predicted octanol–water partition coefficient (Wildman–Crippen LogP) is -6.42. The second-order valence-corrected chi connectivity index (χ2v) is 21.6. The van der Waals surface area contributed by atoms with E-state index in [0.717, 1.165) is 11.3 Å². The quantitative estimate of drug-likeness (QED) is 0.0355. The molecular weight excluding hydrogens is 988 g/mol. The number of esters is 2. The number of hydrogen-bond acceptors (Lipinski definition) is 19. The van der Waals surface area contributed by atoms with Gasteiger partial charge < -0.3 is 38.7 Å². The van der Waals surface area contributed by atoms with Crippen molar-refractivity contribution < 1.29 is 193 Å². The van der Waals surface area contributed by atoms with E-state index in [9.17, 15) is 62.9 Å². The molecule has 0 saturated carbocycles. The topological polar surface area (TPSA) is 328 Å². The van der Waals surface area contributed by atoms with E-state index in [1.165, 1.54) is 68.4 Å². The molecule has 0 heterocycles. The summed E-state index contributed by atoms with van der Waals surface area (Å²) in [6, 6.07) is 5.84. The molecule has 1 rings (SSSR count). The van der Waals surface area contributed by atoms with Crippen LogP contribution in [0.5, 0.6) is 0 Å². The Kier molecular flexibility index (Phi) is 41.8. The molecule has 0 aromatic heterocycles. The molecule has 1 aromatic carbocycles. The molecule has 62 heavy (non-hydrogen) atoms. The Hall–Kier alpha value is 0.986. The summed E-state index contributed by atoms with van der Waals surface area (Å²) in [4.78, 5) is 54.9. The maximum absolute atomic E-state index is 11.9. The van der Waals surface area contributed by atoms with Crippen LogP contribution in [-0.2, 0) is 63.8 Å². The molecule has 0 aliphatic carbocycles. The maximum atomic E-state index is 11.9. The number of nitrogens with one attached hydrogen (secondary N) is 1. The molecule has 28 heteroatoms. The summed E-state index contributed by atoms with van der Waals surface area (Å²) in [6.07, 6.45) is 0.127. The second-order valence-electron chi connectivity index (χ2n) is 14.0. The van der Waals surface area contributed by atoms with Crippen LogP contribution in [0, 0.1) is 11.3 Å². The Morgan fingerprint density at radius 1 is 0.790 bits per heavy atom. The molecule has 342 valence electrons. The number of ether oxygens (including phenoxy) is 2. The van der Waals surface area contributed by atoms with Crippen molar-refractivity contribution in [2.45, 2.75) is 77.2 Å². The Balaban J connectivity index is -0.000000256. The van der Waals surface area contributed by atoms with Gasteiger partial charge in [0.05, 0.1) is 68.6 Å². The van der Waals surface area contributed by atoms with Crippen molar-refractivity contribution in [2.75, 3.05) is 59.7 Å². The summed E-state index contributed by atoms with van der Waals surface area (Å²) < 4.78 is 105. The minimum absolute atomic E-state index is 0. The van der Waals surface area contributed by atoms with Crippen LogP contribution in [0.3, 0.4) is 0 Å². The van der Waals surface area contributed by atoms with Gasteiger partial charge in [0.25, 0.3) is 0 Å². The summed E-state index contributed by atoms with van der Waals surface area (Å²) in [7, 11) is -11.8. The van der Waals surface area contributed by atoms with Crippen LogP contribution in [-0.4, -0.2) is 144 Å². The number of hydrogen-bond donors (Lipinski definition) is 3. The molecule has 19 nitrogen and oxygen atoms in total. The van der Waals surface area contributed by atoms with Crippen LogP contribution in [0.2, 0.25) is 0 Å². The van der Waals surface area contributed by atoms with Crippen molar-refractivity contribution >= 4 is 95.4 Å². The molecule has 2 atom stereocenters. The van der Waals surface area contributed by atoms with Crippen molar-refractivity contribution in [1.82, 2.24) is 5.32 Å². The smallest absolute Gasteiger partial charge is 0.748 e. The minimum Gasteiger partial charge on any atom is -0.748 e. The minimum atomic E-state index is -4.42. The first-order chi connectivity index (χ1) is 26.8. The van der Waals surface area contributed by atoms with E-state index in [4.69, 9.17) is 14.9 Å². The number of methoxy groups -OCH3 is 1. The Morgan fingerprint density at radius 2 is 1.29 bits per heavy atom. The molecule has 0 bridgehead atoms.